The van der Waals surface area contributed by atoms with Crippen molar-refractivity contribution in [3.63, 3.8) is 0 Å². The zero-order valence-electron chi connectivity index (χ0n) is 86.7. The summed E-state index contributed by atoms with van der Waals surface area (Å²) >= 11 is 24.3. The molecule has 16 nitrogen and oxygen atoms in total. The Balaban J connectivity index is -0.000000524. The summed E-state index contributed by atoms with van der Waals surface area (Å²) in [5.74, 6) is -0.426. The predicted molar refractivity (Wildman–Crippen MR) is 589 cm³/mol. The first-order valence-electron chi connectivity index (χ1n) is 47.3. The van der Waals surface area contributed by atoms with Crippen LogP contribution in [0.2, 0.25) is 20.1 Å². The van der Waals surface area contributed by atoms with Crippen molar-refractivity contribution >= 4 is 116 Å². The molecule has 0 spiro atoms. The summed E-state index contributed by atoms with van der Waals surface area (Å²) in [5, 5.41) is 1.70. The maximum Gasteiger partial charge on any atom is 0.264 e. The molecule has 0 aliphatic heterocycles. The summed E-state index contributed by atoms with van der Waals surface area (Å²) in [6.07, 6.45) is 0. The van der Waals surface area contributed by atoms with Crippen LogP contribution in [-0.4, -0.2) is 101 Å². The highest BCUT2D eigenvalue weighted by Crippen LogP contribution is 2.32. The number of halogens is 4. The Morgan fingerprint density at radius 3 is 0.496 bits per heavy atom. The van der Waals surface area contributed by atoms with Crippen LogP contribution in [-0.2, 0) is 19.2 Å². The van der Waals surface area contributed by atoms with Gasteiger partial charge in [0.1, 0.15) is 23.0 Å². The summed E-state index contributed by atoms with van der Waals surface area (Å²) in [4.78, 5) is 108. The van der Waals surface area contributed by atoms with Crippen LogP contribution in [0.5, 0.6) is 23.0 Å². The Bertz CT molecular complexity index is 4670. The molecule has 0 unspecified atom stereocenters. The smallest absolute Gasteiger partial charge is 0.264 e. The molecule has 0 aliphatic carbocycles. The fraction of sp³-hybridized carbons (Fsp3) is 0.316. The monoisotopic (exact) mass is 1950 g/mol. The molecule has 20 heteroatoms. The third-order valence-electron chi connectivity index (χ3n) is 17.7. The predicted octanol–water partition coefficient (Wildman–Crippen LogP) is 32.6. The highest BCUT2D eigenvalue weighted by atomic mass is 35.5. The molecular formula is C117H156Cl4N4O12. The number of para-hydroxylation sites is 4. The molecule has 0 bridgehead atoms. The summed E-state index contributed by atoms with van der Waals surface area (Å²) < 4.78 is 22.8. The summed E-state index contributed by atoms with van der Waals surface area (Å²) in [6.45, 7) is 55.0. The molecule has 0 fully saturated rings. The zero-order valence-corrected chi connectivity index (χ0v) is 89.8. The number of hydrogen-bond donors (Lipinski definition) is 0. The molecule has 0 radical (unpaired) electrons. The van der Waals surface area contributed by atoms with Crippen LogP contribution in [0.3, 0.4) is 0 Å². The van der Waals surface area contributed by atoms with Crippen molar-refractivity contribution in [1.82, 2.24) is 0 Å². The Morgan fingerprint density at radius 1 is 0.212 bits per heavy atom. The largest absolute Gasteiger partial charge is 0.483 e. The van der Waals surface area contributed by atoms with Gasteiger partial charge in [0.25, 0.3) is 23.6 Å². The van der Waals surface area contributed by atoms with Crippen LogP contribution in [0.15, 0.2) is 291 Å². The Morgan fingerprint density at radius 2 is 0.350 bits per heavy atom. The van der Waals surface area contributed by atoms with Gasteiger partial charge >= 0.3 is 0 Å². The van der Waals surface area contributed by atoms with Gasteiger partial charge in [-0.1, -0.05) is 414 Å². The first kappa shape index (κ1) is 133. The van der Waals surface area contributed by atoms with E-state index in [1.165, 1.54) is 0 Å². The number of aryl methyl sites for hydroxylation is 4. The lowest BCUT2D eigenvalue weighted by atomic mass is 10.0. The fourth-order valence-corrected chi connectivity index (χ4v) is 12.1. The minimum atomic E-state index is -0.220. The average molecular weight is 1950 g/mol. The van der Waals surface area contributed by atoms with Gasteiger partial charge < -0.3 is 38.5 Å². The Kier molecular flexibility index (Phi) is 78.5. The summed E-state index contributed by atoms with van der Waals surface area (Å²) in [6, 6.07) is 85.1. The van der Waals surface area contributed by atoms with Crippen LogP contribution in [0.4, 0.5) is 22.7 Å². The number of ketones is 4. The van der Waals surface area contributed by atoms with E-state index in [2.05, 4.69) is 0 Å². The van der Waals surface area contributed by atoms with Crippen LogP contribution in [0, 0.1) is 27.7 Å². The number of carbonyl (C=O) groups excluding carboxylic acids is 8. The van der Waals surface area contributed by atoms with Gasteiger partial charge in [-0.2, -0.15) is 0 Å². The van der Waals surface area contributed by atoms with Gasteiger partial charge in [0.15, 0.2) is 49.6 Å². The van der Waals surface area contributed by atoms with E-state index in [9.17, 15) is 38.4 Å². The van der Waals surface area contributed by atoms with Crippen LogP contribution in [0.1, 0.15) is 260 Å². The van der Waals surface area contributed by atoms with Gasteiger partial charge in [-0.05, 0) is 147 Å². The van der Waals surface area contributed by atoms with Gasteiger partial charge in [0.2, 0.25) is 0 Å². The SMILES string of the molecule is C.CC.CC.CC.CC.CC.CC.CC.CC.CC.CC.CC.CC.Cc1ccccc1N(C)C(=O)COc1ccc(Cl)cc1C(=O)c1ccccc1.Cc1ccccc1N(C)C(=O)COc1ccc(Cl)cc1C(=O)c1ccccc1.Cc1ccccc1N(C)C(=O)COc1ccc(Cl)cc1C(=O)c1ccccc1.Cc1ccccc1N(C)C(=O)COc1ccc(Cl)cc1C(=O)c1ccccc1. The van der Waals surface area contributed by atoms with Crippen LogP contribution in [0.25, 0.3) is 0 Å². The van der Waals surface area contributed by atoms with Gasteiger partial charge in [-0.3, -0.25) is 38.4 Å². The van der Waals surface area contributed by atoms with Crippen molar-refractivity contribution in [2.24, 2.45) is 0 Å². The molecule has 4 amide bonds. The van der Waals surface area contributed by atoms with Gasteiger partial charge in [-0.25, -0.2) is 0 Å². The van der Waals surface area contributed by atoms with Gasteiger partial charge in [0, 0.05) is 93.3 Å². The number of carbonyl (C=O) groups is 8. The first-order valence-corrected chi connectivity index (χ1v) is 48.8. The highest BCUT2D eigenvalue weighted by molar-refractivity contribution is 6.32. The third-order valence-corrected chi connectivity index (χ3v) is 18.6. The second-order valence-corrected chi connectivity index (χ2v) is 27.2. The molecule has 0 atom stereocenters. The molecule has 137 heavy (non-hydrogen) atoms. The van der Waals surface area contributed by atoms with E-state index in [-0.39, 0.29) is 80.6 Å². The lowest BCUT2D eigenvalue weighted by Crippen LogP contribution is -2.32. The fourth-order valence-electron chi connectivity index (χ4n) is 11.4. The van der Waals surface area contributed by atoms with Crippen molar-refractivity contribution in [3.8, 4) is 23.0 Å². The lowest BCUT2D eigenvalue weighted by Gasteiger charge is -2.20. The topological polar surface area (TPSA) is 186 Å². The maximum absolute atomic E-state index is 12.8. The third kappa shape index (κ3) is 45.8. The maximum atomic E-state index is 12.8. The molecular weight excluding hydrogens is 1800 g/mol. The minimum Gasteiger partial charge on any atom is -0.483 e. The van der Waals surface area contributed by atoms with Crippen molar-refractivity contribution in [2.45, 2.75) is 201 Å². The molecule has 0 saturated carbocycles. The van der Waals surface area contributed by atoms with Crippen LogP contribution >= 0.6 is 46.4 Å². The van der Waals surface area contributed by atoms with Crippen LogP contribution < -0.4 is 38.5 Å². The van der Waals surface area contributed by atoms with E-state index in [0.717, 1.165) is 45.0 Å². The molecule has 12 rings (SSSR count). The van der Waals surface area contributed by atoms with E-state index in [0.29, 0.717) is 87.6 Å². The number of nitrogens with zero attached hydrogens (tertiary/aromatic N) is 4. The summed E-state index contributed by atoms with van der Waals surface area (Å²) in [5.41, 5.74) is 10.6. The quantitative estimate of drug-likeness (QED) is 0.0522. The standard InChI is InChI=1S/4C23H20ClNO3.12C2H6.CH4/c4*1-16-8-6-7-11-20(16)25(2)22(26)15-28-21-13-12-18(24)14-19(21)23(27)17-9-4-3-5-10-17;12*1-2;/h4*3-14H,15H2,1-2H3;12*1-2H3;1H4. The number of likely N-dealkylation sites (N-methyl/N-ethyl adjacent to an activating group) is 4. The molecule has 0 aliphatic rings. The van der Waals surface area contributed by atoms with E-state index in [1.54, 1.807) is 218 Å². The summed E-state index contributed by atoms with van der Waals surface area (Å²) in [7, 11) is 6.80. The Hall–Kier alpha value is -12.4. The second-order valence-electron chi connectivity index (χ2n) is 25.5. The molecule has 0 saturated heterocycles. The number of rotatable bonds is 24. The molecule has 0 N–H and O–H groups in total. The van der Waals surface area contributed by atoms with E-state index < -0.39 is 0 Å². The van der Waals surface area contributed by atoms with Crippen molar-refractivity contribution in [3.05, 3.63) is 378 Å². The normalized spacial score (nSPS) is 9.02. The number of ether oxygens (including phenoxy) is 4. The Labute approximate surface area is 844 Å². The van der Waals surface area contributed by atoms with Gasteiger partial charge in [-0.15, -0.1) is 0 Å². The van der Waals surface area contributed by atoms with Crippen molar-refractivity contribution < 1.29 is 57.3 Å². The second kappa shape index (κ2) is 80.8. The molecule has 12 aromatic carbocycles. The highest BCUT2D eigenvalue weighted by Gasteiger charge is 2.24. The zero-order chi connectivity index (χ0) is 104. The molecule has 12 aromatic rings. The molecule has 744 valence electrons. The van der Waals surface area contributed by atoms with E-state index >= 15 is 0 Å². The molecule has 0 heterocycles. The minimum absolute atomic E-state index is 0. The van der Waals surface area contributed by atoms with E-state index in [1.807, 2.05) is 315 Å². The first-order chi connectivity index (χ1) is 65.9. The van der Waals surface area contributed by atoms with Crippen molar-refractivity contribution in [2.75, 3.05) is 74.2 Å². The molecule has 0 aromatic heterocycles. The number of amides is 4. The number of benzene rings is 12. The van der Waals surface area contributed by atoms with E-state index in [4.69, 9.17) is 65.4 Å². The lowest BCUT2D eigenvalue weighted by molar-refractivity contribution is -0.121. The average Bonchev–Trinajstić information content (AvgIpc) is 0.810. The number of anilines is 4. The van der Waals surface area contributed by atoms with Gasteiger partial charge in [0.05, 0.1) is 22.3 Å². The number of hydrogen-bond acceptors (Lipinski definition) is 12. The van der Waals surface area contributed by atoms with Crippen molar-refractivity contribution in [1.29, 1.82) is 0 Å².